The van der Waals surface area contributed by atoms with Crippen LogP contribution in [0.25, 0.3) is 0 Å². The maximum Gasteiger partial charge on any atom is 0.0490 e. The van der Waals surface area contributed by atoms with E-state index in [4.69, 9.17) is 0 Å². The lowest BCUT2D eigenvalue weighted by atomic mass is 10.1. The Kier molecular flexibility index (Phi) is 3.16. The number of likely N-dealkylation sites (tertiary alicyclic amines) is 1. The summed E-state index contributed by atoms with van der Waals surface area (Å²) in [5, 5.41) is 10.4. The second kappa shape index (κ2) is 4.57. The number of nitrogens with zero attached hydrogens (tertiary/aromatic N) is 2. The van der Waals surface area contributed by atoms with E-state index in [1.54, 1.807) is 6.20 Å². The molecule has 1 fully saturated rings. The van der Waals surface area contributed by atoms with E-state index in [0.29, 0.717) is 6.04 Å². The van der Waals surface area contributed by atoms with Gasteiger partial charge in [-0.15, -0.1) is 0 Å². The molecule has 0 unspecified atom stereocenters. The summed E-state index contributed by atoms with van der Waals surface area (Å²) in [6.07, 6.45) is 4.31. The van der Waals surface area contributed by atoms with Gasteiger partial charge in [0.05, 0.1) is 0 Å². The van der Waals surface area contributed by atoms with Crippen molar-refractivity contribution in [2.75, 3.05) is 20.1 Å². The monoisotopic (exact) mass is 194 g/mol. The van der Waals surface area contributed by atoms with Crippen LogP contribution >= 0.6 is 0 Å². The average molecular weight is 194 g/mol. The minimum Gasteiger partial charge on any atom is -0.308 e. The van der Waals surface area contributed by atoms with Crippen LogP contribution in [0.2, 0.25) is 0 Å². The Hall–Kier alpha value is -0.870. The maximum atomic E-state index is 3.92. The molecule has 1 aliphatic heterocycles. The highest BCUT2D eigenvalue weighted by Crippen LogP contribution is 2.08. The smallest absolute Gasteiger partial charge is 0.0490 e. The third-order valence-electron chi connectivity index (χ3n) is 2.86. The summed E-state index contributed by atoms with van der Waals surface area (Å²) in [6, 6.07) is 2.69. The quantitative estimate of drug-likeness (QED) is 0.740. The van der Waals surface area contributed by atoms with Crippen LogP contribution in [0.15, 0.2) is 12.3 Å². The molecule has 78 valence electrons. The number of hydrogen-bond donors (Lipinski definition) is 2. The molecule has 1 saturated heterocycles. The normalized spacial score (nSPS) is 20.1. The van der Waals surface area contributed by atoms with Crippen LogP contribution in [0.5, 0.6) is 0 Å². The zero-order valence-electron chi connectivity index (χ0n) is 8.66. The molecule has 0 bridgehead atoms. The summed E-state index contributed by atoms with van der Waals surface area (Å²) in [6.45, 7) is 3.33. The summed E-state index contributed by atoms with van der Waals surface area (Å²) in [5.74, 6) is 0. The van der Waals surface area contributed by atoms with E-state index >= 15 is 0 Å². The molecular weight excluding hydrogens is 176 g/mol. The zero-order chi connectivity index (χ0) is 9.80. The van der Waals surface area contributed by atoms with Crippen LogP contribution < -0.4 is 5.32 Å². The molecule has 14 heavy (non-hydrogen) atoms. The van der Waals surface area contributed by atoms with Crippen LogP contribution in [0.1, 0.15) is 18.5 Å². The summed E-state index contributed by atoms with van der Waals surface area (Å²) < 4.78 is 0. The van der Waals surface area contributed by atoms with Gasteiger partial charge >= 0.3 is 0 Å². The van der Waals surface area contributed by atoms with Gasteiger partial charge in [0, 0.05) is 24.5 Å². The molecule has 0 aromatic carbocycles. The molecule has 0 saturated carbocycles. The first-order valence-electron chi connectivity index (χ1n) is 5.25. The van der Waals surface area contributed by atoms with Gasteiger partial charge in [-0.2, -0.15) is 5.10 Å². The first-order chi connectivity index (χ1) is 6.84. The number of H-pyrrole nitrogens is 1. The lowest BCUT2D eigenvalue weighted by Gasteiger charge is -2.29. The van der Waals surface area contributed by atoms with Crippen LogP contribution in [0.4, 0.5) is 0 Å². The van der Waals surface area contributed by atoms with Crippen LogP contribution in [0, 0.1) is 0 Å². The Morgan fingerprint density at radius 1 is 1.57 bits per heavy atom. The molecule has 0 atom stereocenters. The average Bonchev–Trinajstić information content (AvgIpc) is 2.70. The first kappa shape index (κ1) is 9.68. The van der Waals surface area contributed by atoms with Crippen molar-refractivity contribution >= 4 is 0 Å². The van der Waals surface area contributed by atoms with Crippen LogP contribution in [-0.4, -0.2) is 41.3 Å². The van der Waals surface area contributed by atoms with E-state index in [9.17, 15) is 0 Å². The van der Waals surface area contributed by atoms with E-state index in [2.05, 4.69) is 27.5 Å². The molecule has 1 aromatic rings. The molecule has 2 heterocycles. The molecule has 1 aromatic heterocycles. The SMILES string of the molecule is CN1CCC(NCc2ccn[nH]2)CC1. The van der Waals surface area contributed by atoms with E-state index in [1.807, 2.05) is 6.07 Å². The highest BCUT2D eigenvalue weighted by Gasteiger charge is 2.15. The molecule has 0 aliphatic carbocycles. The predicted molar refractivity (Wildman–Crippen MR) is 55.9 cm³/mol. The fourth-order valence-electron chi connectivity index (χ4n) is 1.85. The first-order valence-corrected chi connectivity index (χ1v) is 5.25. The molecule has 0 radical (unpaired) electrons. The van der Waals surface area contributed by atoms with Crippen molar-refractivity contribution in [3.8, 4) is 0 Å². The number of hydrogen-bond acceptors (Lipinski definition) is 3. The van der Waals surface area contributed by atoms with Crippen molar-refractivity contribution < 1.29 is 0 Å². The Balaban J connectivity index is 1.71. The Morgan fingerprint density at radius 2 is 2.36 bits per heavy atom. The van der Waals surface area contributed by atoms with Gasteiger partial charge in [0.2, 0.25) is 0 Å². The Labute approximate surface area is 84.7 Å². The molecule has 4 heteroatoms. The minimum atomic E-state index is 0.675. The van der Waals surface area contributed by atoms with Crippen molar-refractivity contribution in [1.82, 2.24) is 20.4 Å². The van der Waals surface area contributed by atoms with Gasteiger partial charge in [-0.25, -0.2) is 0 Å². The fraction of sp³-hybridized carbons (Fsp3) is 0.700. The lowest BCUT2D eigenvalue weighted by Crippen LogP contribution is -2.40. The van der Waals surface area contributed by atoms with Gasteiger partial charge in [-0.05, 0) is 39.0 Å². The number of nitrogens with one attached hydrogen (secondary N) is 2. The summed E-state index contributed by atoms with van der Waals surface area (Å²) in [5.41, 5.74) is 1.17. The molecule has 2 rings (SSSR count). The second-order valence-electron chi connectivity index (χ2n) is 4.04. The second-order valence-corrected chi connectivity index (χ2v) is 4.04. The van der Waals surface area contributed by atoms with Gasteiger partial charge < -0.3 is 10.2 Å². The predicted octanol–water partition coefficient (Wildman–Crippen LogP) is 0.593. The van der Waals surface area contributed by atoms with Gasteiger partial charge in [0.25, 0.3) is 0 Å². The third-order valence-corrected chi connectivity index (χ3v) is 2.86. The Bertz CT molecular complexity index is 249. The van der Waals surface area contributed by atoms with Crippen molar-refractivity contribution in [2.24, 2.45) is 0 Å². The molecule has 0 spiro atoms. The van der Waals surface area contributed by atoms with Crippen molar-refractivity contribution in [2.45, 2.75) is 25.4 Å². The minimum absolute atomic E-state index is 0.675. The molecule has 2 N–H and O–H groups in total. The largest absolute Gasteiger partial charge is 0.308 e. The number of rotatable bonds is 3. The van der Waals surface area contributed by atoms with E-state index < -0.39 is 0 Å². The van der Waals surface area contributed by atoms with Gasteiger partial charge in [-0.3, -0.25) is 5.10 Å². The van der Waals surface area contributed by atoms with E-state index in [0.717, 1.165) is 6.54 Å². The molecule has 0 amide bonds. The molecule has 1 aliphatic rings. The number of aromatic nitrogens is 2. The summed E-state index contributed by atoms with van der Waals surface area (Å²) in [4.78, 5) is 2.38. The van der Waals surface area contributed by atoms with Gasteiger partial charge in [0.1, 0.15) is 0 Å². The van der Waals surface area contributed by atoms with Crippen molar-refractivity contribution in [1.29, 1.82) is 0 Å². The molecule has 4 nitrogen and oxygen atoms in total. The van der Waals surface area contributed by atoms with Crippen molar-refractivity contribution in [3.05, 3.63) is 18.0 Å². The van der Waals surface area contributed by atoms with Crippen LogP contribution in [-0.2, 0) is 6.54 Å². The lowest BCUT2D eigenvalue weighted by molar-refractivity contribution is 0.233. The van der Waals surface area contributed by atoms with E-state index in [-0.39, 0.29) is 0 Å². The Morgan fingerprint density at radius 3 is 3.00 bits per heavy atom. The van der Waals surface area contributed by atoms with Gasteiger partial charge in [-0.1, -0.05) is 0 Å². The van der Waals surface area contributed by atoms with Crippen molar-refractivity contribution in [3.63, 3.8) is 0 Å². The zero-order valence-corrected chi connectivity index (χ0v) is 8.66. The fourth-order valence-corrected chi connectivity index (χ4v) is 1.85. The third kappa shape index (κ3) is 2.56. The topological polar surface area (TPSA) is 44.0 Å². The number of aromatic amines is 1. The van der Waals surface area contributed by atoms with E-state index in [1.165, 1.54) is 31.6 Å². The highest BCUT2D eigenvalue weighted by molar-refractivity contribution is 4.97. The number of piperidine rings is 1. The summed E-state index contributed by atoms with van der Waals surface area (Å²) in [7, 11) is 2.19. The van der Waals surface area contributed by atoms with Crippen LogP contribution in [0.3, 0.4) is 0 Å². The highest BCUT2D eigenvalue weighted by atomic mass is 15.1. The molecular formula is C10H18N4. The summed E-state index contributed by atoms with van der Waals surface area (Å²) >= 11 is 0. The maximum absolute atomic E-state index is 3.92. The van der Waals surface area contributed by atoms with Gasteiger partial charge in [0.15, 0.2) is 0 Å². The standard InChI is InChI=1S/C10H18N4/c1-14-6-3-9(4-7-14)11-8-10-2-5-12-13-10/h2,5,9,11H,3-4,6-8H2,1H3,(H,12,13).